The number of hydrogen-bond acceptors (Lipinski definition) is 4. The third kappa shape index (κ3) is 4.59. The van der Waals surface area contributed by atoms with Crippen LogP contribution >= 0.6 is 11.6 Å². The van der Waals surface area contributed by atoms with Crippen LogP contribution in [0.15, 0.2) is 53.4 Å². The molecule has 1 aliphatic heterocycles. The van der Waals surface area contributed by atoms with Crippen molar-refractivity contribution in [2.24, 2.45) is 0 Å². The van der Waals surface area contributed by atoms with Crippen molar-refractivity contribution in [3.05, 3.63) is 59.1 Å². The van der Waals surface area contributed by atoms with E-state index in [1.165, 1.54) is 41.3 Å². The minimum absolute atomic E-state index is 0.00456. The smallest absolute Gasteiger partial charge is 0.406 e. The first-order valence-electron chi connectivity index (χ1n) is 8.21. The van der Waals surface area contributed by atoms with Crippen molar-refractivity contribution >= 4 is 27.3 Å². The van der Waals surface area contributed by atoms with E-state index < -0.39 is 33.1 Å². The maximum Gasteiger partial charge on any atom is 0.573 e. The van der Waals surface area contributed by atoms with Crippen LogP contribution in [0.1, 0.15) is 16.8 Å². The summed E-state index contributed by atoms with van der Waals surface area (Å²) in [6.45, 7) is 0.238. The molecule has 1 fully saturated rings. The molecule has 1 aliphatic rings. The number of halogens is 4. The highest BCUT2D eigenvalue weighted by Gasteiger charge is 2.36. The fraction of sp³-hybridized carbons (Fsp3) is 0.278. The summed E-state index contributed by atoms with van der Waals surface area (Å²) in [6.07, 6.45) is -4.55. The van der Waals surface area contributed by atoms with Gasteiger partial charge in [0.05, 0.1) is 10.1 Å². The largest absolute Gasteiger partial charge is 0.573 e. The number of amides is 1. The van der Waals surface area contributed by atoms with Crippen LogP contribution in [0.3, 0.4) is 0 Å². The number of carbonyl (C=O) groups excluding carboxylic acids is 1. The fourth-order valence-corrected chi connectivity index (χ4v) is 4.78. The van der Waals surface area contributed by atoms with Gasteiger partial charge in [0, 0.05) is 23.7 Å². The molecule has 2 aromatic carbocycles. The Kier molecular flexibility index (Phi) is 5.58. The first-order valence-corrected chi connectivity index (χ1v) is 10.1. The summed E-state index contributed by atoms with van der Waals surface area (Å²) in [5.41, 5.74) is 0.152. The quantitative estimate of drug-likeness (QED) is 0.733. The summed E-state index contributed by atoms with van der Waals surface area (Å²) in [5.74, 6) is -0.888. The number of carbonyl (C=O) groups is 1. The van der Waals surface area contributed by atoms with E-state index in [9.17, 15) is 26.4 Å². The average Bonchev–Trinajstić information content (AvgIpc) is 3.12. The monoisotopic (exact) mass is 433 g/mol. The third-order valence-corrected chi connectivity index (χ3v) is 6.79. The van der Waals surface area contributed by atoms with Gasteiger partial charge in [0.25, 0.3) is 5.91 Å². The minimum Gasteiger partial charge on any atom is -0.406 e. The Labute approximate surface area is 164 Å². The summed E-state index contributed by atoms with van der Waals surface area (Å²) >= 11 is 5.78. The average molecular weight is 434 g/mol. The SMILES string of the molecule is O=C(c1ccc(OC(F)(F)F)cc1)N1CCC(S(=O)(=O)c2ccc(Cl)cc2)C1. The van der Waals surface area contributed by atoms with Crippen molar-refractivity contribution in [3.63, 3.8) is 0 Å². The van der Waals surface area contributed by atoms with E-state index >= 15 is 0 Å². The Morgan fingerprint density at radius 3 is 2.25 bits per heavy atom. The van der Waals surface area contributed by atoms with Crippen LogP contribution in [-0.2, 0) is 9.84 Å². The molecule has 5 nitrogen and oxygen atoms in total. The molecule has 1 unspecified atom stereocenters. The molecule has 10 heteroatoms. The molecule has 0 saturated carbocycles. The van der Waals surface area contributed by atoms with Gasteiger partial charge >= 0.3 is 6.36 Å². The number of ether oxygens (including phenoxy) is 1. The van der Waals surface area contributed by atoms with E-state index in [1.54, 1.807) is 0 Å². The summed E-state index contributed by atoms with van der Waals surface area (Å²) in [4.78, 5) is 14.1. The van der Waals surface area contributed by atoms with E-state index in [0.717, 1.165) is 12.1 Å². The number of sulfone groups is 1. The van der Waals surface area contributed by atoms with E-state index in [2.05, 4.69) is 4.74 Å². The lowest BCUT2D eigenvalue weighted by Gasteiger charge is -2.17. The molecule has 0 aromatic heterocycles. The van der Waals surface area contributed by atoms with Gasteiger partial charge in [0.15, 0.2) is 9.84 Å². The van der Waals surface area contributed by atoms with Gasteiger partial charge in [-0.05, 0) is 55.0 Å². The topological polar surface area (TPSA) is 63.7 Å². The predicted molar refractivity (Wildman–Crippen MR) is 96.1 cm³/mol. The maximum absolute atomic E-state index is 12.7. The second-order valence-corrected chi connectivity index (χ2v) is 8.90. The van der Waals surface area contributed by atoms with E-state index in [0.29, 0.717) is 5.02 Å². The highest BCUT2D eigenvalue weighted by molar-refractivity contribution is 7.92. The summed E-state index contributed by atoms with van der Waals surface area (Å²) in [5, 5.41) is -0.342. The summed E-state index contributed by atoms with van der Waals surface area (Å²) in [7, 11) is -3.63. The van der Waals surface area contributed by atoms with Gasteiger partial charge in [0.2, 0.25) is 0 Å². The molecule has 1 atom stereocenters. The number of alkyl halides is 3. The van der Waals surface area contributed by atoms with Gasteiger partial charge in [-0.3, -0.25) is 4.79 Å². The third-order valence-electron chi connectivity index (χ3n) is 4.35. The Morgan fingerprint density at radius 1 is 1.07 bits per heavy atom. The number of hydrogen-bond donors (Lipinski definition) is 0. The molecule has 0 N–H and O–H groups in total. The van der Waals surface area contributed by atoms with Gasteiger partial charge in [-0.2, -0.15) is 0 Å². The van der Waals surface area contributed by atoms with Crippen molar-refractivity contribution in [2.75, 3.05) is 13.1 Å². The lowest BCUT2D eigenvalue weighted by Crippen LogP contribution is -2.32. The minimum atomic E-state index is -4.82. The Morgan fingerprint density at radius 2 is 1.68 bits per heavy atom. The van der Waals surface area contributed by atoms with Crippen molar-refractivity contribution in [1.29, 1.82) is 0 Å². The zero-order valence-corrected chi connectivity index (χ0v) is 15.9. The molecule has 1 amide bonds. The van der Waals surface area contributed by atoms with Crippen LogP contribution in [0.25, 0.3) is 0 Å². The molecule has 1 saturated heterocycles. The molecule has 0 radical (unpaired) electrons. The van der Waals surface area contributed by atoms with Crippen molar-refractivity contribution in [1.82, 2.24) is 4.90 Å². The van der Waals surface area contributed by atoms with Crippen LogP contribution in [0.4, 0.5) is 13.2 Å². The molecule has 0 spiro atoms. The number of likely N-dealkylation sites (tertiary alicyclic amines) is 1. The van der Waals surface area contributed by atoms with Crippen molar-refractivity contribution in [3.8, 4) is 5.75 Å². The van der Waals surface area contributed by atoms with Crippen LogP contribution in [-0.4, -0.2) is 43.9 Å². The maximum atomic E-state index is 12.7. The molecular weight excluding hydrogens is 419 g/mol. The summed E-state index contributed by atoms with van der Waals surface area (Å²) < 4.78 is 65.8. The number of nitrogens with zero attached hydrogens (tertiary/aromatic N) is 1. The van der Waals surface area contributed by atoms with Gasteiger partial charge in [-0.25, -0.2) is 8.42 Å². The van der Waals surface area contributed by atoms with Gasteiger partial charge in [-0.15, -0.1) is 13.2 Å². The van der Waals surface area contributed by atoms with E-state index in [1.807, 2.05) is 0 Å². The zero-order valence-electron chi connectivity index (χ0n) is 14.3. The van der Waals surface area contributed by atoms with Crippen molar-refractivity contribution < 1.29 is 31.1 Å². The zero-order chi connectivity index (χ0) is 20.5. The molecule has 2 aromatic rings. The van der Waals surface area contributed by atoms with E-state index in [-0.39, 0.29) is 30.0 Å². The van der Waals surface area contributed by atoms with Gasteiger partial charge < -0.3 is 9.64 Å². The fourth-order valence-electron chi connectivity index (χ4n) is 2.96. The normalized spacial score (nSPS) is 17.6. The molecule has 1 heterocycles. The first kappa shape index (κ1) is 20.5. The highest BCUT2D eigenvalue weighted by Crippen LogP contribution is 2.27. The number of rotatable bonds is 4. The lowest BCUT2D eigenvalue weighted by atomic mass is 10.2. The lowest BCUT2D eigenvalue weighted by molar-refractivity contribution is -0.274. The van der Waals surface area contributed by atoms with Crippen molar-refractivity contribution in [2.45, 2.75) is 22.9 Å². The van der Waals surface area contributed by atoms with E-state index in [4.69, 9.17) is 11.6 Å². The van der Waals surface area contributed by atoms with Crippen LogP contribution < -0.4 is 4.74 Å². The van der Waals surface area contributed by atoms with Gasteiger partial charge in [-0.1, -0.05) is 11.6 Å². The second kappa shape index (κ2) is 7.63. The molecule has 3 rings (SSSR count). The second-order valence-electron chi connectivity index (χ2n) is 6.23. The molecule has 0 aliphatic carbocycles. The first-order chi connectivity index (χ1) is 13.1. The molecule has 0 bridgehead atoms. The Hall–Kier alpha value is -2.26. The molecule has 150 valence electrons. The molecular formula is C18H15ClF3NO4S. The standard InChI is InChI=1S/C18H15ClF3NO4S/c19-13-3-7-15(8-4-13)28(25,26)16-9-10-23(11-16)17(24)12-1-5-14(6-2-12)27-18(20,21)22/h1-8,16H,9-11H2. The Balaban J connectivity index is 1.69. The highest BCUT2D eigenvalue weighted by atomic mass is 35.5. The van der Waals surface area contributed by atoms with Gasteiger partial charge in [0.1, 0.15) is 5.75 Å². The van der Waals surface area contributed by atoms with Crippen LogP contribution in [0, 0.1) is 0 Å². The Bertz CT molecular complexity index is 960. The van der Waals surface area contributed by atoms with Crippen LogP contribution in [0.2, 0.25) is 5.02 Å². The van der Waals surface area contributed by atoms with Crippen LogP contribution in [0.5, 0.6) is 5.75 Å². The number of benzene rings is 2. The molecule has 28 heavy (non-hydrogen) atoms. The predicted octanol–water partition coefficient (Wildman–Crippen LogP) is 3.93. The summed E-state index contributed by atoms with van der Waals surface area (Å²) in [6, 6.07) is 10.3.